The molecule has 3 heteroatoms. The third-order valence-corrected chi connectivity index (χ3v) is 2.54. The van der Waals surface area contributed by atoms with Crippen LogP contribution in [0.15, 0.2) is 30.5 Å². The van der Waals surface area contributed by atoms with Crippen molar-refractivity contribution in [1.29, 1.82) is 0 Å². The summed E-state index contributed by atoms with van der Waals surface area (Å²) in [7, 11) is 0. The molecule has 0 bridgehead atoms. The largest absolute Gasteiger partial charge is 0.618 e. The molecule has 0 spiro atoms. The predicted octanol–water partition coefficient (Wildman–Crippen LogP) is 2.44. The SMILES string of the molecule is Cc1c[n+]([O-])c2ccccc2c1Cl. The summed E-state index contributed by atoms with van der Waals surface area (Å²) in [6, 6.07) is 7.29. The van der Waals surface area contributed by atoms with Gasteiger partial charge in [-0.25, -0.2) is 0 Å². The summed E-state index contributed by atoms with van der Waals surface area (Å²) in [4.78, 5) is 0. The lowest BCUT2D eigenvalue weighted by Gasteiger charge is -2.04. The van der Waals surface area contributed by atoms with E-state index >= 15 is 0 Å². The van der Waals surface area contributed by atoms with Crippen LogP contribution in [0.5, 0.6) is 0 Å². The van der Waals surface area contributed by atoms with Crippen LogP contribution in [0.4, 0.5) is 0 Å². The number of pyridine rings is 1. The highest BCUT2D eigenvalue weighted by molar-refractivity contribution is 6.35. The van der Waals surface area contributed by atoms with Crippen LogP contribution in [0.2, 0.25) is 5.02 Å². The van der Waals surface area contributed by atoms with Crippen molar-refractivity contribution >= 4 is 22.5 Å². The van der Waals surface area contributed by atoms with E-state index in [1.54, 1.807) is 6.07 Å². The first-order valence-corrected chi connectivity index (χ1v) is 4.35. The number of para-hydroxylation sites is 1. The van der Waals surface area contributed by atoms with Gasteiger partial charge in [0, 0.05) is 11.6 Å². The fourth-order valence-electron chi connectivity index (χ4n) is 1.37. The molecule has 0 radical (unpaired) electrons. The first-order valence-electron chi connectivity index (χ1n) is 3.97. The maximum Gasteiger partial charge on any atom is 0.225 e. The second-order valence-corrected chi connectivity index (χ2v) is 3.35. The van der Waals surface area contributed by atoms with Crippen LogP contribution >= 0.6 is 11.6 Å². The number of benzene rings is 1. The van der Waals surface area contributed by atoms with Crippen LogP contribution in [-0.2, 0) is 0 Å². The van der Waals surface area contributed by atoms with Gasteiger partial charge in [0.15, 0.2) is 6.20 Å². The molecule has 0 unspecified atom stereocenters. The van der Waals surface area contributed by atoms with Crippen LogP contribution in [-0.4, -0.2) is 0 Å². The highest BCUT2D eigenvalue weighted by atomic mass is 35.5. The Hall–Kier alpha value is -1.28. The van der Waals surface area contributed by atoms with Gasteiger partial charge in [0.1, 0.15) is 0 Å². The molecule has 0 aliphatic heterocycles. The quantitative estimate of drug-likeness (QED) is 0.466. The van der Waals surface area contributed by atoms with E-state index in [0.717, 1.165) is 15.7 Å². The van der Waals surface area contributed by atoms with E-state index in [-0.39, 0.29) is 0 Å². The monoisotopic (exact) mass is 193 g/mol. The standard InChI is InChI=1S/C10H8ClNO/c1-7-6-12(13)9-5-3-2-4-8(9)10(7)11/h2-6H,1H3. The van der Waals surface area contributed by atoms with Gasteiger partial charge >= 0.3 is 0 Å². The summed E-state index contributed by atoms with van der Waals surface area (Å²) in [6.07, 6.45) is 1.49. The Balaban J connectivity index is 2.97. The Morgan fingerprint density at radius 1 is 1.31 bits per heavy atom. The number of fused-ring (bicyclic) bond motifs is 1. The van der Waals surface area contributed by atoms with E-state index in [4.69, 9.17) is 11.6 Å². The maximum atomic E-state index is 11.4. The van der Waals surface area contributed by atoms with E-state index in [9.17, 15) is 5.21 Å². The first kappa shape index (κ1) is 8.32. The zero-order valence-corrected chi connectivity index (χ0v) is 7.88. The highest BCUT2D eigenvalue weighted by Gasteiger charge is 2.09. The van der Waals surface area contributed by atoms with Crippen LogP contribution in [0.1, 0.15) is 5.56 Å². The molecule has 1 aromatic carbocycles. The Kier molecular flexibility index (Phi) is 1.85. The predicted molar refractivity (Wildman–Crippen MR) is 52.7 cm³/mol. The van der Waals surface area contributed by atoms with Gasteiger partial charge < -0.3 is 5.21 Å². The molecule has 0 aliphatic carbocycles. The second kappa shape index (κ2) is 2.89. The van der Waals surface area contributed by atoms with Gasteiger partial charge in [-0.3, -0.25) is 0 Å². The lowest BCUT2D eigenvalue weighted by Crippen LogP contribution is -2.26. The summed E-state index contributed by atoms with van der Waals surface area (Å²) in [5, 5.41) is 12.9. The minimum absolute atomic E-state index is 0.609. The van der Waals surface area contributed by atoms with Crippen LogP contribution in [0, 0.1) is 12.1 Å². The number of halogens is 1. The number of rotatable bonds is 0. The van der Waals surface area contributed by atoms with Gasteiger partial charge in [0.05, 0.1) is 10.4 Å². The number of nitrogens with zero attached hydrogens (tertiary/aromatic N) is 1. The van der Waals surface area contributed by atoms with E-state index in [0.29, 0.717) is 10.5 Å². The van der Waals surface area contributed by atoms with E-state index < -0.39 is 0 Å². The first-order chi connectivity index (χ1) is 6.20. The molecule has 0 saturated heterocycles. The molecule has 0 aliphatic rings. The van der Waals surface area contributed by atoms with Crippen molar-refractivity contribution in [1.82, 2.24) is 0 Å². The molecule has 0 fully saturated rings. The molecule has 2 nitrogen and oxygen atoms in total. The lowest BCUT2D eigenvalue weighted by molar-refractivity contribution is -0.577. The van der Waals surface area contributed by atoms with Crippen molar-refractivity contribution in [3.8, 4) is 0 Å². The average molecular weight is 194 g/mol. The summed E-state index contributed by atoms with van der Waals surface area (Å²) in [5.41, 5.74) is 1.41. The number of aromatic nitrogens is 1. The third kappa shape index (κ3) is 1.23. The van der Waals surface area contributed by atoms with Gasteiger partial charge in [-0.2, -0.15) is 4.73 Å². The minimum Gasteiger partial charge on any atom is -0.618 e. The van der Waals surface area contributed by atoms with Crippen molar-refractivity contribution in [2.45, 2.75) is 6.92 Å². The summed E-state index contributed by atoms with van der Waals surface area (Å²) >= 11 is 6.05. The second-order valence-electron chi connectivity index (χ2n) is 2.97. The number of hydrogen-bond donors (Lipinski definition) is 0. The fraction of sp³-hybridized carbons (Fsp3) is 0.100. The molecule has 66 valence electrons. The van der Waals surface area contributed by atoms with E-state index in [1.165, 1.54) is 6.20 Å². The topological polar surface area (TPSA) is 26.9 Å². The minimum atomic E-state index is 0.609. The van der Waals surface area contributed by atoms with Crippen molar-refractivity contribution in [2.24, 2.45) is 0 Å². The normalized spacial score (nSPS) is 10.6. The average Bonchev–Trinajstić information content (AvgIpc) is 2.15. The number of hydrogen-bond acceptors (Lipinski definition) is 1. The molecule has 2 rings (SSSR count). The molecular formula is C10H8ClNO. The van der Waals surface area contributed by atoms with Gasteiger partial charge in [-0.1, -0.05) is 23.7 Å². The van der Waals surface area contributed by atoms with Gasteiger partial charge in [-0.05, 0) is 13.0 Å². The van der Waals surface area contributed by atoms with Gasteiger partial charge in [0.25, 0.3) is 0 Å². The van der Waals surface area contributed by atoms with E-state index in [1.807, 2.05) is 25.1 Å². The van der Waals surface area contributed by atoms with Crippen molar-refractivity contribution in [3.05, 3.63) is 46.3 Å². The van der Waals surface area contributed by atoms with Crippen molar-refractivity contribution in [3.63, 3.8) is 0 Å². The zero-order chi connectivity index (χ0) is 9.42. The maximum absolute atomic E-state index is 11.4. The summed E-state index contributed by atoms with van der Waals surface area (Å²) in [6.45, 7) is 1.82. The smallest absolute Gasteiger partial charge is 0.225 e. The van der Waals surface area contributed by atoms with Crippen LogP contribution in [0.25, 0.3) is 10.9 Å². The molecule has 0 saturated carbocycles. The Morgan fingerprint density at radius 2 is 2.00 bits per heavy atom. The van der Waals surface area contributed by atoms with Crippen molar-refractivity contribution < 1.29 is 4.73 Å². The Labute approximate surface area is 81.0 Å². The molecule has 13 heavy (non-hydrogen) atoms. The molecule has 2 aromatic rings. The molecule has 0 N–H and O–H groups in total. The van der Waals surface area contributed by atoms with Crippen LogP contribution < -0.4 is 4.73 Å². The molecule has 1 heterocycles. The number of aryl methyl sites for hydroxylation is 1. The summed E-state index contributed by atoms with van der Waals surface area (Å²) in [5.74, 6) is 0. The highest BCUT2D eigenvalue weighted by Crippen LogP contribution is 2.23. The molecule has 0 atom stereocenters. The van der Waals surface area contributed by atoms with Crippen molar-refractivity contribution in [2.75, 3.05) is 0 Å². The summed E-state index contributed by atoms with van der Waals surface area (Å²) < 4.78 is 0.844. The zero-order valence-electron chi connectivity index (χ0n) is 7.12. The molecule has 0 amide bonds. The van der Waals surface area contributed by atoms with Crippen LogP contribution in [0.3, 0.4) is 0 Å². The fourth-order valence-corrected chi connectivity index (χ4v) is 1.57. The van der Waals surface area contributed by atoms with Gasteiger partial charge in [-0.15, -0.1) is 0 Å². The molecule has 1 aromatic heterocycles. The Morgan fingerprint density at radius 3 is 2.77 bits per heavy atom. The van der Waals surface area contributed by atoms with Gasteiger partial charge in [0.2, 0.25) is 5.52 Å². The Bertz CT molecular complexity index is 468. The third-order valence-electron chi connectivity index (χ3n) is 2.04. The lowest BCUT2D eigenvalue weighted by atomic mass is 10.2. The van der Waals surface area contributed by atoms with E-state index in [2.05, 4.69) is 0 Å². The molecular weight excluding hydrogens is 186 g/mol.